The Morgan fingerprint density at radius 1 is 1.12 bits per heavy atom. The standard InChI is InChI=1S/C32H34BrN7O2/c1-37-14-19(13-35-37)16-40-30-24(9-22(11-28(30)42-2)32(41)39-17-21-6-8-25(39)29(21)34)36-31(40)27-10-20-5-7-23(33)12-26(20)38(27)15-18-3-4-18/h5,7,9-14,18,21,25,29H,3-4,6,8,15-17,34H2,1-2H3/t21?,25?,29-/m1/s1. The highest BCUT2D eigenvalue weighted by Crippen LogP contribution is 2.41. The number of benzene rings is 2. The molecule has 0 radical (unpaired) electrons. The molecule has 3 aliphatic rings. The van der Waals surface area contributed by atoms with Crippen LogP contribution in [0.4, 0.5) is 0 Å². The minimum absolute atomic E-state index is 0.00825. The van der Waals surface area contributed by atoms with E-state index in [2.05, 4.69) is 54.4 Å². The molecule has 3 aromatic heterocycles. The summed E-state index contributed by atoms with van der Waals surface area (Å²) in [6, 6.07) is 12.7. The zero-order chi connectivity index (χ0) is 28.7. The summed E-state index contributed by atoms with van der Waals surface area (Å²) in [6.07, 6.45) is 8.50. The number of ether oxygens (including phenoxy) is 1. The number of hydrogen-bond acceptors (Lipinski definition) is 5. The van der Waals surface area contributed by atoms with Crippen molar-refractivity contribution in [1.29, 1.82) is 0 Å². The summed E-state index contributed by atoms with van der Waals surface area (Å²) in [5.41, 5.74) is 12.0. The van der Waals surface area contributed by atoms with E-state index >= 15 is 0 Å². The second kappa shape index (κ2) is 9.70. The van der Waals surface area contributed by atoms with Crippen LogP contribution in [0.15, 0.2) is 53.3 Å². The first-order valence-electron chi connectivity index (χ1n) is 14.8. The van der Waals surface area contributed by atoms with E-state index < -0.39 is 0 Å². The zero-order valence-electron chi connectivity index (χ0n) is 23.8. The van der Waals surface area contributed by atoms with Gasteiger partial charge in [-0.05, 0) is 67.9 Å². The normalized spacial score (nSPS) is 21.7. The molecule has 3 atom stereocenters. The Labute approximate surface area is 252 Å². The number of fused-ring (bicyclic) bond motifs is 4. The average molecular weight is 629 g/mol. The fraction of sp³-hybridized carbons (Fsp3) is 0.406. The molecule has 1 amide bonds. The summed E-state index contributed by atoms with van der Waals surface area (Å²) < 4.78 is 13.5. The lowest BCUT2D eigenvalue weighted by Crippen LogP contribution is -2.41. The van der Waals surface area contributed by atoms with E-state index in [9.17, 15) is 4.79 Å². The Morgan fingerprint density at radius 3 is 2.67 bits per heavy atom. The second-order valence-electron chi connectivity index (χ2n) is 12.3. The second-order valence-corrected chi connectivity index (χ2v) is 13.2. The number of methoxy groups -OCH3 is 1. The molecule has 1 saturated heterocycles. The number of hydrogen-bond donors (Lipinski definition) is 1. The Hall–Kier alpha value is -3.63. The number of rotatable bonds is 7. The maximum Gasteiger partial charge on any atom is 0.254 e. The highest BCUT2D eigenvalue weighted by Gasteiger charge is 2.47. The first kappa shape index (κ1) is 26.0. The molecule has 2 saturated carbocycles. The van der Waals surface area contributed by atoms with Crippen LogP contribution < -0.4 is 10.5 Å². The summed E-state index contributed by atoms with van der Waals surface area (Å²) >= 11 is 3.68. The topological polar surface area (TPSA) is 96.1 Å². The van der Waals surface area contributed by atoms with Crippen LogP contribution in [0.2, 0.25) is 0 Å². The number of piperidine rings is 1. The number of nitrogens with two attached hydrogens (primary N) is 1. The third kappa shape index (κ3) is 4.18. The summed E-state index contributed by atoms with van der Waals surface area (Å²) in [5.74, 6) is 2.57. The third-order valence-electron chi connectivity index (χ3n) is 9.52. The van der Waals surface area contributed by atoms with Crippen molar-refractivity contribution in [2.75, 3.05) is 13.7 Å². The highest BCUT2D eigenvalue weighted by molar-refractivity contribution is 9.10. The van der Waals surface area contributed by atoms with Gasteiger partial charge < -0.3 is 24.5 Å². The van der Waals surface area contributed by atoms with Crippen molar-refractivity contribution in [3.63, 3.8) is 0 Å². The van der Waals surface area contributed by atoms with Crippen molar-refractivity contribution >= 4 is 43.8 Å². The van der Waals surface area contributed by atoms with E-state index in [4.69, 9.17) is 15.5 Å². The number of carbonyl (C=O) groups is 1. The largest absolute Gasteiger partial charge is 0.494 e. The monoisotopic (exact) mass is 627 g/mol. The molecule has 2 aromatic carbocycles. The molecule has 5 aromatic rings. The van der Waals surface area contributed by atoms with Crippen LogP contribution in [-0.2, 0) is 20.1 Å². The van der Waals surface area contributed by atoms with Crippen molar-refractivity contribution in [3.8, 4) is 17.3 Å². The van der Waals surface area contributed by atoms with Gasteiger partial charge in [-0.2, -0.15) is 5.10 Å². The lowest BCUT2D eigenvalue weighted by molar-refractivity contribution is 0.0700. The van der Waals surface area contributed by atoms with Gasteiger partial charge in [-0.3, -0.25) is 9.48 Å². The molecule has 2 unspecified atom stereocenters. The number of imidazole rings is 1. The maximum atomic E-state index is 13.8. The lowest BCUT2D eigenvalue weighted by atomic mass is 10.1. The number of nitrogens with zero attached hydrogens (tertiary/aromatic N) is 6. The maximum absolute atomic E-state index is 13.8. The Bertz CT molecular complexity index is 1870. The summed E-state index contributed by atoms with van der Waals surface area (Å²) in [7, 11) is 3.59. The summed E-state index contributed by atoms with van der Waals surface area (Å²) in [6.45, 7) is 2.25. The van der Waals surface area contributed by atoms with Gasteiger partial charge in [0.05, 0.1) is 31.1 Å². The molecule has 42 heavy (non-hydrogen) atoms. The minimum Gasteiger partial charge on any atom is -0.494 e. The molecule has 8 rings (SSSR count). The van der Waals surface area contributed by atoms with Crippen LogP contribution in [0.5, 0.6) is 5.75 Å². The van der Waals surface area contributed by atoms with Gasteiger partial charge in [-0.25, -0.2) is 4.98 Å². The smallest absolute Gasteiger partial charge is 0.254 e. The van der Waals surface area contributed by atoms with Crippen molar-refractivity contribution in [2.45, 2.75) is 50.9 Å². The Morgan fingerprint density at radius 2 is 1.98 bits per heavy atom. The number of halogens is 1. The molecular formula is C32H34BrN7O2. The van der Waals surface area contributed by atoms with Gasteiger partial charge in [0, 0.05) is 64.9 Å². The first-order valence-corrected chi connectivity index (χ1v) is 15.6. The minimum atomic E-state index is 0.00825. The van der Waals surface area contributed by atoms with Gasteiger partial charge in [0.2, 0.25) is 0 Å². The zero-order valence-corrected chi connectivity index (χ0v) is 25.4. The van der Waals surface area contributed by atoms with E-state index in [1.165, 1.54) is 23.7 Å². The predicted octanol–water partition coefficient (Wildman–Crippen LogP) is 5.18. The van der Waals surface area contributed by atoms with Gasteiger partial charge >= 0.3 is 0 Å². The first-order chi connectivity index (χ1) is 20.4. The van der Waals surface area contributed by atoms with Crippen molar-refractivity contribution < 1.29 is 9.53 Å². The summed E-state index contributed by atoms with van der Waals surface area (Å²) in [4.78, 5) is 21.1. The molecule has 4 heterocycles. The third-order valence-corrected chi connectivity index (χ3v) is 10.0. The van der Waals surface area contributed by atoms with Gasteiger partial charge in [0.1, 0.15) is 11.3 Å². The fourth-order valence-corrected chi connectivity index (χ4v) is 7.56. The molecule has 216 valence electrons. The number of aromatic nitrogens is 5. The number of aryl methyl sites for hydroxylation is 1. The van der Waals surface area contributed by atoms with Crippen LogP contribution in [-0.4, -0.2) is 60.4 Å². The molecule has 3 fully saturated rings. The van der Waals surface area contributed by atoms with Crippen LogP contribution in [0.25, 0.3) is 33.5 Å². The number of likely N-dealkylation sites (tertiary alicyclic amines) is 1. The lowest BCUT2D eigenvalue weighted by Gasteiger charge is -2.27. The Balaban J connectivity index is 1.32. The van der Waals surface area contributed by atoms with E-state index in [1.807, 2.05) is 41.2 Å². The van der Waals surface area contributed by atoms with Gasteiger partial charge in [0.15, 0.2) is 5.82 Å². The number of carbonyl (C=O) groups excluding carboxylic acids is 1. The van der Waals surface area contributed by atoms with Crippen LogP contribution in [0.3, 0.4) is 0 Å². The predicted molar refractivity (Wildman–Crippen MR) is 165 cm³/mol. The van der Waals surface area contributed by atoms with Crippen LogP contribution >= 0.6 is 15.9 Å². The quantitative estimate of drug-likeness (QED) is 0.268. The highest BCUT2D eigenvalue weighted by atomic mass is 79.9. The van der Waals surface area contributed by atoms with Crippen LogP contribution in [0, 0.1) is 11.8 Å². The van der Waals surface area contributed by atoms with E-state index in [0.717, 1.165) is 58.5 Å². The Kier molecular flexibility index (Phi) is 6.01. The molecule has 10 heteroatoms. The average Bonchev–Trinajstić information content (AvgIpc) is 3.23. The van der Waals surface area contributed by atoms with Gasteiger partial charge in [0.25, 0.3) is 5.91 Å². The molecule has 2 bridgehead atoms. The van der Waals surface area contributed by atoms with Crippen molar-refractivity contribution in [2.24, 2.45) is 24.6 Å². The fourth-order valence-electron chi connectivity index (χ4n) is 7.21. The van der Waals surface area contributed by atoms with E-state index in [1.54, 1.807) is 7.11 Å². The molecule has 9 nitrogen and oxygen atoms in total. The molecule has 1 aliphatic heterocycles. The number of amides is 1. The van der Waals surface area contributed by atoms with Gasteiger partial charge in [-0.1, -0.05) is 22.0 Å². The van der Waals surface area contributed by atoms with E-state index in [-0.39, 0.29) is 18.0 Å². The molecule has 2 N–H and O–H groups in total. The van der Waals surface area contributed by atoms with Crippen molar-refractivity contribution in [3.05, 3.63) is 64.4 Å². The summed E-state index contributed by atoms with van der Waals surface area (Å²) in [5, 5.41) is 5.60. The molecule has 2 aliphatic carbocycles. The van der Waals surface area contributed by atoms with Crippen molar-refractivity contribution in [1.82, 2.24) is 28.8 Å². The molecular weight excluding hydrogens is 594 g/mol. The van der Waals surface area contributed by atoms with Crippen LogP contribution in [0.1, 0.15) is 41.6 Å². The molecule has 0 spiro atoms. The SMILES string of the molecule is COc1cc(C(=O)N2CC3CCC2[C@@H]3N)cc2nc(-c3cc4ccc(Br)cc4n3CC3CC3)n(Cc3cnn(C)c3)c12. The van der Waals surface area contributed by atoms with Gasteiger partial charge in [-0.15, -0.1) is 0 Å². The van der Waals surface area contributed by atoms with E-state index in [0.29, 0.717) is 29.7 Å².